The van der Waals surface area contributed by atoms with Gasteiger partial charge in [-0.25, -0.2) is 4.98 Å². The van der Waals surface area contributed by atoms with E-state index in [0.717, 1.165) is 0 Å². The van der Waals surface area contributed by atoms with E-state index in [9.17, 15) is 9.59 Å². The Kier molecular flexibility index (Phi) is 4.75. The van der Waals surface area contributed by atoms with Crippen molar-refractivity contribution in [3.8, 4) is 0 Å². The van der Waals surface area contributed by atoms with E-state index >= 15 is 0 Å². The molecule has 0 spiro atoms. The lowest BCUT2D eigenvalue weighted by Gasteiger charge is -2.28. The molecule has 24 heavy (non-hydrogen) atoms. The largest absolute Gasteiger partial charge is 0.298 e. The van der Waals surface area contributed by atoms with Crippen molar-refractivity contribution >= 4 is 68.4 Å². The van der Waals surface area contributed by atoms with E-state index in [-0.39, 0.29) is 10.7 Å². The van der Waals surface area contributed by atoms with E-state index in [4.69, 9.17) is 23.8 Å². The minimum atomic E-state index is -0.558. The van der Waals surface area contributed by atoms with Gasteiger partial charge in [0, 0.05) is 5.02 Å². The second-order valence-electron chi connectivity index (χ2n) is 4.82. The number of aromatic nitrogens is 1. The van der Waals surface area contributed by atoms with E-state index in [2.05, 4.69) is 26.2 Å². The number of benzene rings is 1. The minimum Gasteiger partial charge on any atom is -0.298 e. The number of carbonyl (C=O) groups excluding carboxylic acids is 2. The number of anilines is 1. The fourth-order valence-electron chi connectivity index (χ4n) is 2.13. The van der Waals surface area contributed by atoms with Gasteiger partial charge >= 0.3 is 0 Å². The quantitative estimate of drug-likeness (QED) is 0.349. The highest BCUT2D eigenvalue weighted by molar-refractivity contribution is 9.10. The van der Waals surface area contributed by atoms with Gasteiger partial charge in [0.1, 0.15) is 10.2 Å². The van der Waals surface area contributed by atoms with Crippen molar-refractivity contribution in [3.05, 3.63) is 63.4 Å². The standard InChI is InChI=1S/C16H9BrClN3O2S/c17-13-3-1-2-10(19-13)8-12-14(22)20-16(24)21(15(12)23)11-6-4-9(18)5-7-11/h1-8H,(H,20,22,24)/b12-8+. The van der Waals surface area contributed by atoms with Gasteiger partial charge < -0.3 is 0 Å². The van der Waals surface area contributed by atoms with Gasteiger partial charge in [-0.15, -0.1) is 0 Å². The summed E-state index contributed by atoms with van der Waals surface area (Å²) in [7, 11) is 0. The van der Waals surface area contributed by atoms with Crippen LogP contribution in [0.2, 0.25) is 5.02 Å². The van der Waals surface area contributed by atoms with Crippen molar-refractivity contribution in [1.29, 1.82) is 0 Å². The number of hydrogen-bond acceptors (Lipinski definition) is 4. The van der Waals surface area contributed by atoms with E-state index in [1.165, 1.54) is 11.0 Å². The van der Waals surface area contributed by atoms with Gasteiger partial charge in [0.25, 0.3) is 11.8 Å². The zero-order valence-electron chi connectivity index (χ0n) is 12.0. The average Bonchev–Trinajstić information content (AvgIpc) is 2.53. The van der Waals surface area contributed by atoms with Gasteiger partial charge in [-0.2, -0.15) is 0 Å². The lowest BCUT2D eigenvalue weighted by molar-refractivity contribution is -0.122. The van der Waals surface area contributed by atoms with E-state index in [1.54, 1.807) is 42.5 Å². The Morgan fingerprint density at radius 2 is 1.88 bits per heavy atom. The summed E-state index contributed by atoms with van der Waals surface area (Å²) >= 11 is 14.2. The molecule has 1 aromatic heterocycles. The third-order valence-electron chi connectivity index (χ3n) is 3.22. The molecule has 8 heteroatoms. The first kappa shape index (κ1) is 16.8. The van der Waals surface area contributed by atoms with Gasteiger partial charge in [0.2, 0.25) is 0 Å². The summed E-state index contributed by atoms with van der Waals surface area (Å²) in [6.45, 7) is 0. The van der Waals surface area contributed by atoms with E-state index in [0.29, 0.717) is 21.0 Å². The summed E-state index contributed by atoms with van der Waals surface area (Å²) in [5, 5.41) is 3.07. The average molecular weight is 423 g/mol. The van der Waals surface area contributed by atoms with Crippen LogP contribution in [0.4, 0.5) is 5.69 Å². The Hall–Kier alpha value is -2.09. The fraction of sp³-hybridized carbons (Fsp3) is 0. The van der Waals surface area contributed by atoms with Crippen molar-refractivity contribution in [2.75, 3.05) is 4.90 Å². The molecule has 0 aliphatic carbocycles. The monoisotopic (exact) mass is 421 g/mol. The summed E-state index contributed by atoms with van der Waals surface area (Å²) < 4.78 is 0.602. The Labute approximate surface area is 156 Å². The van der Waals surface area contributed by atoms with Gasteiger partial charge in [0.05, 0.1) is 11.4 Å². The molecular formula is C16H9BrClN3O2S. The van der Waals surface area contributed by atoms with E-state index in [1.807, 2.05) is 0 Å². The fourth-order valence-corrected chi connectivity index (χ4v) is 2.90. The molecule has 0 saturated carbocycles. The Balaban J connectivity index is 2.01. The van der Waals surface area contributed by atoms with Crippen molar-refractivity contribution in [2.24, 2.45) is 0 Å². The number of amides is 2. The van der Waals surface area contributed by atoms with Crippen LogP contribution in [-0.4, -0.2) is 21.9 Å². The van der Waals surface area contributed by atoms with Crippen LogP contribution in [0.15, 0.2) is 52.6 Å². The molecule has 5 nitrogen and oxygen atoms in total. The minimum absolute atomic E-state index is 0.0201. The lowest BCUT2D eigenvalue weighted by Crippen LogP contribution is -2.54. The number of hydrogen-bond donors (Lipinski definition) is 1. The molecule has 1 saturated heterocycles. The number of halogens is 2. The molecular weight excluding hydrogens is 414 g/mol. The molecule has 1 aromatic carbocycles. The zero-order chi connectivity index (χ0) is 17.3. The van der Waals surface area contributed by atoms with Crippen LogP contribution < -0.4 is 10.2 Å². The Bertz CT molecular complexity index is 883. The van der Waals surface area contributed by atoms with Gasteiger partial charge in [-0.1, -0.05) is 17.7 Å². The molecule has 0 bridgehead atoms. The van der Waals surface area contributed by atoms with Crippen LogP contribution in [0.5, 0.6) is 0 Å². The molecule has 2 amide bonds. The number of carbonyl (C=O) groups is 2. The maximum absolute atomic E-state index is 12.8. The maximum Gasteiger partial charge on any atom is 0.270 e. The first-order valence-corrected chi connectivity index (χ1v) is 8.33. The summed E-state index contributed by atoms with van der Waals surface area (Å²) in [5.41, 5.74) is 0.943. The molecule has 1 fully saturated rings. The van der Waals surface area contributed by atoms with Crippen molar-refractivity contribution in [1.82, 2.24) is 10.3 Å². The van der Waals surface area contributed by atoms with Crippen molar-refractivity contribution < 1.29 is 9.59 Å². The van der Waals surface area contributed by atoms with Gasteiger partial charge in [0.15, 0.2) is 5.11 Å². The highest BCUT2D eigenvalue weighted by Gasteiger charge is 2.34. The summed E-state index contributed by atoms with van der Waals surface area (Å²) in [6, 6.07) is 11.8. The number of nitrogens with zero attached hydrogens (tertiary/aromatic N) is 2. The summed E-state index contributed by atoms with van der Waals surface area (Å²) in [4.78, 5) is 30.4. The normalized spacial score (nSPS) is 16.5. The van der Waals surface area contributed by atoms with Crippen LogP contribution in [0, 0.1) is 0 Å². The van der Waals surface area contributed by atoms with Crippen molar-refractivity contribution in [3.63, 3.8) is 0 Å². The molecule has 0 radical (unpaired) electrons. The van der Waals surface area contributed by atoms with Crippen LogP contribution >= 0.6 is 39.7 Å². The molecule has 1 N–H and O–H groups in total. The first-order chi connectivity index (χ1) is 11.5. The third kappa shape index (κ3) is 3.38. The molecule has 2 heterocycles. The lowest BCUT2D eigenvalue weighted by atomic mass is 10.1. The molecule has 0 atom stereocenters. The molecule has 120 valence electrons. The summed E-state index contributed by atoms with van der Waals surface area (Å²) in [6.07, 6.45) is 1.42. The second kappa shape index (κ2) is 6.80. The second-order valence-corrected chi connectivity index (χ2v) is 6.46. The third-order valence-corrected chi connectivity index (χ3v) is 4.19. The topological polar surface area (TPSA) is 62.3 Å². The first-order valence-electron chi connectivity index (χ1n) is 6.75. The van der Waals surface area contributed by atoms with Gasteiger partial charge in [-0.05, 0) is 70.6 Å². The van der Waals surface area contributed by atoms with E-state index < -0.39 is 11.8 Å². The smallest absolute Gasteiger partial charge is 0.270 e. The molecule has 2 aromatic rings. The Morgan fingerprint density at radius 1 is 1.17 bits per heavy atom. The maximum atomic E-state index is 12.8. The SMILES string of the molecule is O=C1NC(=S)N(c2ccc(Cl)cc2)C(=O)/C1=C/c1cccc(Br)n1. The van der Waals surface area contributed by atoms with Gasteiger partial charge in [-0.3, -0.25) is 19.8 Å². The number of thiocarbonyl (C=S) groups is 1. The summed E-state index contributed by atoms with van der Waals surface area (Å²) in [5.74, 6) is -1.08. The number of pyridine rings is 1. The number of rotatable bonds is 2. The predicted molar refractivity (Wildman–Crippen MR) is 99.6 cm³/mol. The van der Waals surface area contributed by atoms with Crippen LogP contribution in [0.25, 0.3) is 6.08 Å². The predicted octanol–water partition coefficient (Wildman–Crippen LogP) is 3.33. The molecule has 0 unspecified atom stereocenters. The highest BCUT2D eigenvalue weighted by Crippen LogP contribution is 2.23. The Morgan fingerprint density at radius 3 is 2.54 bits per heavy atom. The van der Waals surface area contributed by atoms with Crippen molar-refractivity contribution in [2.45, 2.75) is 0 Å². The molecule has 1 aliphatic heterocycles. The highest BCUT2D eigenvalue weighted by atomic mass is 79.9. The molecule has 1 aliphatic rings. The molecule has 3 rings (SSSR count). The van der Waals surface area contributed by atoms with Crippen LogP contribution in [-0.2, 0) is 9.59 Å². The number of nitrogens with one attached hydrogen (secondary N) is 1. The van der Waals surface area contributed by atoms with Crippen LogP contribution in [0.1, 0.15) is 5.69 Å². The zero-order valence-corrected chi connectivity index (χ0v) is 15.2. The van der Waals surface area contributed by atoms with Crippen LogP contribution in [0.3, 0.4) is 0 Å².